The van der Waals surface area contributed by atoms with Gasteiger partial charge in [0.25, 0.3) is 0 Å². The van der Waals surface area contributed by atoms with E-state index in [9.17, 15) is 0 Å². The average molecular weight is 595 g/mol. The lowest BCUT2D eigenvalue weighted by Crippen LogP contribution is -2.36. The highest BCUT2D eigenvalue weighted by Gasteiger charge is 2.17. The molecule has 2 heteroatoms. The van der Waals surface area contributed by atoms with E-state index in [1.54, 1.807) is 0 Å². The molecule has 6 rings (SSSR count). The van der Waals surface area contributed by atoms with Crippen LogP contribution in [-0.2, 0) is 14.1 Å². The minimum absolute atomic E-state index is 1.12. The Labute approximate surface area is 272 Å². The molecule has 0 unspecified atom stereocenters. The summed E-state index contributed by atoms with van der Waals surface area (Å²) in [6, 6.07) is 50.9. The summed E-state index contributed by atoms with van der Waals surface area (Å²) in [6.07, 6.45) is 17.5. The molecule has 0 atom stereocenters. The van der Waals surface area contributed by atoms with Gasteiger partial charge in [-0.05, 0) is 57.7 Å². The third-order valence-corrected chi connectivity index (χ3v) is 8.08. The first-order chi connectivity index (χ1) is 22.6. The Kier molecular flexibility index (Phi) is 9.67. The number of pyridine rings is 2. The fourth-order valence-electron chi connectivity index (χ4n) is 5.36. The van der Waals surface area contributed by atoms with Crippen LogP contribution in [0.5, 0.6) is 0 Å². The van der Waals surface area contributed by atoms with Gasteiger partial charge in [0.1, 0.15) is 14.1 Å². The predicted molar refractivity (Wildman–Crippen MR) is 196 cm³/mol. The molecule has 6 aromatic rings. The Balaban J connectivity index is 1.49. The van der Waals surface area contributed by atoms with E-state index >= 15 is 0 Å². The topological polar surface area (TPSA) is 7.76 Å². The van der Waals surface area contributed by atoms with Crippen molar-refractivity contribution in [2.75, 3.05) is 0 Å². The monoisotopic (exact) mass is 594 g/mol. The minimum atomic E-state index is 1.12. The summed E-state index contributed by atoms with van der Waals surface area (Å²) in [4.78, 5) is 0. The Bertz CT molecular complexity index is 1730. The molecule has 0 saturated heterocycles. The van der Waals surface area contributed by atoms with Crippen LogP contribution in [0.15, 0.2) is 146 Å². The maximum absolute atomic E-state index is 2.28. The molecule has 0 saturated carbocycles. The van der Waals surface area contributed by atoms with E-state index in [0.29, 0.717) is 0 Å². The minimum Gasteiger partial charge on any atom is -0.195 e. The van der Waals surface area contributed by atoms with Crippen molar-refractivity contribution in [3.05, 3.63) is 191 Å². The first kappa shape index (κ1) is 30.2. The molecule has 0 aliphatic heterocycles. The van der Waals surface area contributed by atoms with Crippen molar-refractivity contribution in [2.45, 2.75) is 0 Å². The summed E-state index contributed by atoms with van der Waals surface area (Å²) in [7, 11) is 4.26. The normalized spacial score (nSPS) is 11.8. The smallest absolute Gasteiger partial charge is 0.195 e. The summed E-state index contributed by atoms with van der Waals surface area (Å²) in [5.41, 5.74) is 11.5. The van der Waals surface area contributed by atoms with Crippen molar-refractivity contribution in [2.24, 2.45) is 14.1 Å². The molecule has 0 aliphatic carbocycles. The van der Waals surface area contributed by atoms with Crippen molar-refractivity contribution in [1.82, 2.24) is 0 Å². The molecule has 0 aliphatic rings. The largest absolute Gasteiger partial charge is 0.206 e. The summed E-state index contributed by atoms with van der Waals surface area (Å²) in [5, 5.41) is 0. The fourth-order valence-corrected chi connectivity index (χ4v) is 5.36. The zero-order valence-corrected chi connectivity index (χ0v) is 26.4. The molecule has 222 valence electrons. The predicted octanol–water partition coefficient (Wildman–Crippen LogP) is 9.68. The van der Waals surface area contributed by atoms with E-state index in [1.165, 1.54) is 22.3 Å². The highest BCUT2D eigenvalue weighted by Crippen LogP contribution is 2.25. The fraction of sp³-hybridized carbons (Fsp3) is 0.0455. The number of nitrogens with zero attached hydrogens (tertiary/aromatic N) is 2. The molecule has 0 bridgehead atoms. The van der Waals surface area contributed by atoms with Crippen LogP contribution >= 0.6 is 0 Å². The zero-order chi connectivity index (χ0) is 31.6. The van der Waals surface area contributed by atoms with Crippen LogP contribution in [0, 0.1) is 0 Å². The molecule has 46 heavy (non-hydrogen) atoms. The average Bonchev–Trinajstić information content (AvgIpc) is 3.11. The van der Waals surface area contributed by atoms with E-state index in [0.717, 1.165) is 33.9 Å². The Hall–Kier alpha value is -5.86. The van der Waals surface area contributed by atoms with Crippen molar-refractivity contribution in [1.29, 1.82) is 0 Å². The highest BCUT2D eigenvalue weighted by atomic mass is 14.9. The molecule has 0 fully saturated rings. The highest BCUT2D eigenvalue weighted by molar-refractivity contribution is 5.78. The molecule has 0 amide bonds. The lowest BCUT2D eigenvalue weighted by Gasteiger charge is -2.08. The second-order valence-corrected chi connectivity index (χ2v) is 11.3. The van der Waals surface area contributed by atoms with Crippen LogP contribution in [0.25, 0.3) is 59.7 Å². The van der Waals surface area contributed by atoms with Crippen LogP contribution < -0.4 is 9.13 Å². The second-order valence-electron chi connectivity index (χ2n) is 11.3. The maximum atomic E-state index is 2.28. The van der Waals surface area contributed by atoms with Crippen molar-refractivity contribution >= 4 is 48.6 Å². The van der Waals surface area contributed by atoms with Gasteiger partial charge in [-0.1, -0.05) is 121 Å². The second kappa shape index (κ2) is 14.7. The van der Waals surface area contributed by atoms with Gasteiger partial charge in [0.2, 0.25) is 22.8 Å². The molecule has 4 aromatic carbocycles. The molecule has 0 radical (unpaired) electrons. The van der Waals surface area contributed by atoms with Gasteiger partial charge in [0.05, 0.1) is 0 Å². The molecular weight excluding hydrogens is 556 g/mol. The third-order valence-electron chi connectivity index (χ3n) is 8.08. The summed E-state index contributed by atoms with van der Waals surface area (Å²) < 4.78 is 4.50. The van der Waals surface area contributed by atoms with Crippen molar-refractivity contribution in [3.8, 4) is 11.1 Å². The molecule has 0 N–H and O–H groups in total. The van der Waals surface area contributed by atoms with Crippen molar-refractivity contribution in [3.63, 3.8) is 0 Å². The number of hydrogen-bond donors (Lipinski definition) is 0. The van der Waals surface area contributed by atoms with Crippen LogP contribution in [0.3, 0.4) is 0 Å². The number of aromatic nitrogens is 2. The van der Waals surface area contributed by atoms with Crippen molar-refractivity contribution < 1.29 is 9.13 Å². The van der Waals surface area contributed by atoms with Gasteiger partial charge in [-0.2, -0.15) is 9.13 Å². The van der Waals surface area contributed by atoms with Gasteiger partial charge in [-0.15, -0.1) is 0 Å². The first-order valence-corrected chi connectivity index (χ1v) is 15.6. The molecule has 2 heterocycles. The van der Waals surface area contributed by atoms with Crippen LogP contribution in [0.4, 0.5) is 0 Å². The summed E-state index contributed by atoms with van der Waals surface area (Å²) in [6.45, 7) is 0. The lowest BCUT2D eigenvalue weighted by atomic mass is 10.0. The van der Waals surface area contributed by atoms with Gasteiger partial charge in [-0.3, -0.25) is 0 Å². The molecule has 0 spiro atoms. The van der Waals surface area contributed by atoms with Crippen LogP contribution in [0.2, 0.25) is 0 Å². The SMILES string of the molecule is C[n+]1c(C=Cc2ccccc2)cc(-c2cc(C=Cc3ccccc3)[n+](C)c(C=Cc3ccccc3)c2)cc1C=Cc1ccccc1. The van der Waals surface area contributed by atoms with Crippen LogP contribution in [0.1, 0.15) is 45.0 Å². The van der Waals surface area contributed by atoms with Gasteiger partial charge in [0, 0.05) is 48.6 Å². The Morgan fingerprint density at radius 3 is 0.739 bits per heavy atom. The van der Waals surface area contributed by atoms with Gasteiger partial charge in [-0.25, -0.2) is 0 Å². The van der Waals surface area contributed by atoms with Gasteiger partial charge < -0.3 is 0 Å². The van der Waals surface area contributed by atoms with Gasteiger partial charge >= 0.3 is 0 Å². The zero-order valence-electron chi connectivity index (χ0n) is 26.4. The molecule has 2 nitrogen and oxygen atoms in total. The van der Waals surface area contributed by atoms with E-state index in [2.05, 4.69) is 193 Å². The van der Waals surface area contributed by atoms with Crippen LogP contribution in [-0.4, -0.2) is 0 Å². The van der Waals surface area contributed by atoms with Gasteiger partial charge in [0.15, 0.2) is 0 Å². The number of benzene rings is 4. The lowest BCUT2D eigenvalue weighted by molar-refractivity contribution is -0.675. The maximum Gasteiger partial charge on any atom is 0.206 e. The first-order valence-electron chi connectivity index (χ1n) is 15.6. The Morgan fingerprint density at radius 1 is 0.304 bits per heavy atom. The third kappa shape index (κ3) is 7.80. The molecular formula is C44H38N2+2. The number of rotatable bonds is 9. The number of hydrogen-bond acceptors (Lipinski definition) is 0. The van der Waals surface area contributed by atoms with E-state index in [1.807, 2.05) is 24.3 Å². The van der Waals surface area contributed by atoms with E-state index in [-0.39, 0.29) is 0 Å². The molecule has 2 aromatic heterocycles. The summed E-state index contributed by atoms with van der Waals surface area (Å²) in [5.74, 6) is 0. The quantitative estimate of drug-likeness (QED) is 0.147. The Morgan fingerprint density at radius 2 is 0.522 bits per heavy atom. The van der Waals surface area contributed by atoms with E-state index < -0.39 is 0 Å². The van der Waals surface area contributed by atoms with E-state index in [4.69, 9.17) is 0 Å². The summed E-state index contributed by atoms with van der Waals surface area (Å²) >= 11 is 0. The standard InChI is InChI=1S/C44H38N2/c1-45-41(27-23-35-15-7-3-8-16-35)31-39(32-42(45)28-24-36-17-9-4-10-18-36)40-33-43(29-25-37-19-11-5-12-20-37)46(2)44(34-40)30-26-38-21-13-6-14-22-38/h3-34H,1-2H3/q+2.